The number of aromatic nitrogens is 2. The summed E-state index contributed by atoms with van der Waals surface area (Å²) in [5, 5.41) is 8.78. The van der Waals surface area contributed by atoms with Crippen molar-refractivity contribution in [3.8, 4) is 11.9 Å². The minimum Gasteiger partial charge on any atom is -0.293 e. The van der Waals surface area contributed by atoms with Gasteiger partial charge in [0.1, 0.15) is 17.6 Å². The standard InChI is InChI=1S/C11H6F3N3/c12-11(13,14)8-3-4-16-10(6-8)17-5-1-2-9(17)7-15/h1-6H. The molecular formula is C11H6F3N3. The normalized spacial score (nSPS) is 11.2. The van der Waals surface area contributed by atoms with Crippen molar-refractivity contribution >= 4 is 0 Å². The zero-order valence-corrected chi connectivity index (χ0v) is 8.44. The van der Waals surface area contributed by atoms with Crippen LogP contribution in [0.2, 0.25) is 0 Å². The van der Waals surface area contributed by atoms with Gasteiger partial charge in [-0.25, -0.2) is 4.98 Å². The summed E-state index contributed by atoms with van der Waals surface area (Å²) < 4.78 is 38.8. The minimum atomic E-state index is -4.42. The molecule has 6 heteroatoms. The predicted octanol–water partition coefficient (Wildman–Crippen LogP) is 2.76. The van der Waals surface area contributed by atoms with Crippen LogP contribution in [0.15, 0.2) is 36.7 Å². The molecule has 2 aromatic rings. The minimum absolute atomic E-state index is 0.0707. The Morgan fingerprint density at radius 3 is 2.71 bits per heavy atom. The van der Waals surface area contributed by atoms with Gasteiger partial charge in [-0.05, 0) is 24.3 Å². The van der Waals surface area contributed by atoms with Crippen molar-refractivity contribution in [3.05, 3.63) is 47.9 Å². The van der Waals surface area contributed by atoms with Crippen LogP contribution in [0.5, 0.6) is 0 Å². The lowest BCUT2D eigenvalue weighted by atomic mass is 10.2. The van der Waals surface area contributed by atoms with Crippen LogP contribution in [0.3, 0.4) is 0 Å². The van der Waals surface area contributed by atoms with Gasteiger partial charge in [0.2, 0.25) is 0 Å². The van der Waals surface area contributed by atoms with E-state index in [9.17, 15) is 13.2 Å². The molecule has 0 spiro atoms. The first-order valence-corrected chi connectivity index (χ1v) is 4.63. The summed E-state index contributed by atoms with van der Waals surface area (Å²) in [6, 6.07) is 6.74. The summed E-state index contributed by atoms with van der Waals surface area (Å²) in [7, 11) is 0. The smallest absolute Gasteiger partial charge is 0.293 e. The van der Waals surface area contributed by atoms with E-state index in [4.69, 9.17) is 5.26 Å². The Labute approximate surface area is 94.7 Å². The third-order valence-electron chi connectivity index (χ3n) is 2.18. The monoisotopic (exact) mass is 237 g/mol. The molecule has 0 aliphatic rings. The topological polar surface area (TPSA) is 41.6 Å². The molecule has 2 rings (SSSR count). The first-order valence-electron chi connectivity index (χ1n) is 4.63. The van der Waals surface area contributed by atoms with Crippen LogP contribution in [0.1, 0.15) is 11.3 Å². The van der Waals surface area contributed by atoms with Crippen LogP contribution in [0, 0.1) is 11.3 Å². The van der Waals surface area contributed by atoms with Gasteiger partial charge in [-0.3, -0.25) is 4.57 Å². The number of halogens is 3. The number of alkyl halides is 3. The Morgan fingerprint density at radius 1 is 1.29 bits per heavy atom. The van der Waals surface area contributed by atoms with Crippen LogP contribution in [-0.4, -0.2) is 9.55 Å². The van der Waals surface area contributed by atoms with Crippen LogP contribution in [0.25, 0.3) is 5.82 Å². The number of rotatable bonds is 1. The van der Waals surface area contributed by atoms with Crippen molar-refractivity contribution in [2.24, 2.45) is 0 Å². The van der Waals surface area contributed by atoms with Crippen molar-refractivity contribution < 1.29 is 13.2 Å². The Morgan fingerprint density at radius 2 is 2.06 bits per heavy atom. The van der Waals surface area contributed by atoms with Gasteiger partial charge in [-0.15, -0.1) is 0 Å². The fraction of sp³-hybridized carbons (Fsp3) is 0.0909. The van der Waals surface area contributed by atoms with E-state index < -0.39 is 11.7 Å². The van der Waals surface area contributed by atoms with Gasteiger partial charge < -0.3 is 0 Å². The maximum atomic E-state index is 12.5. The molecule has 0 aliphatic heterocycles. The molecule has 0 N–H and O–H groups in total. The van der Waals surface area contributed by atoms with Gasteiger partial charge in [0.05, 0.1) is 5.56 Å². The Kier molecular flexibility index (Phi) is 2.60. The predicted molar refractivity (Wildman–Crippen MR) is 53.3 cm³/mol. The van der Waals surface area contributed by atoms with Gasteiger partial charge in [0.25, 0.3) is 0 Å². The molecule has 0 radical (unpaired) electrons. The van der Waals surface area contributed by atoms with Crippen LogP contribution >= 0.6 is 0 Å². The molecule has 0 atom stereocenters. The second-order valence-electron chi connectivity index (χ2n) is 3.28. The molecule has 86 valence electrons. The lowest BCUT2D eigenvalue weighted by Gasteiger charge is -2.09. The summed E-state index contributed by atoms with van der Waals surface area (Å²) in [5.74, 6) is 0.0707. The maximum Gasteiger partial charge on any atom is 0.416 e. The highest BCUT2D eigenvalue weighted by atomic mass is 19.4. The number of nitriles is 1. The number of hydrogen-bond donors (Lipinski definition) is 0. The molecular weight excluding hydrogens is 231 g/mol. The Hall–Kier alpha value is -2.29. The summed E-state index contributed by atoms with van der Waals surface area (Å²) in [6.07, 6.45) is -1.86. The van der Waals surface area contributed by atoms with Crippen LogP contribution in [0.4, 0.5) is 13.2 Å². The second-order valence-corrected chi connectivity index (χ2v) is 3.28. The fourth-order valence-corrected chi connectivity index (χ4v) is 1.40. The Bertz CT molecular complexity index is 578. The molecule has 2 heterocycles. The van der Waals surface area contributed by atoms with E-state index in [-0.39, 0.29) is 11.5 Å². The molecule has 3 nitrogen and oxygen atoms in total. The average molecular weight is 237 g/mol. The lowest BCUT2D eigenvalue weighted by Crippen LogP contribution is -2.07. The van der Waals surface area contributed by atoms with Crippen LogP contribution < -0.4 is 0 Å². The van der Waals surface area contributed by atoms with E-state index in [1.165, 1.54) is 16.8 Å². The molecule has 0 unspecified atom stereocenters. The SMILES string of the molecule is N#Cc1cccn1-c1cc(C(F)(F)F)ccn1. The average Bonchev–Trinajstić information content (AvgIpc) is 2.76. The van der Waals surface area contributed by atoms with E-state index >= 15 is 0 Å². The molecule has 2 aromatic heterocycles. The van der Waals surface area contributed by atoms with Crippen molar-refractivity contribution in [1.29, 1.82) is 5.26 Å². The molecule has 0 aromatic carbocycles. The van der Waals surface area contributed by atoms with Gasteiger partial charge in [-0.1, -0.05) is 0 Å². The van der Waals surface area contributed by atoms with Gasteiger partial charge in [0.15, 0.2) is 0 Å². The lowest BCUT2D eigenvalue weighted by molar-refractivity contribution is -0.137. The van der Waals surface area contributed by atoms with Gasteiger partial charge in [0, 0.05) is 12.4 Å². The summed E-state index contributed by atoms with van der Waals surface area (Å²) >= 11 is 0. The van der Waals surface area contributed by atoms with Crippen LogP contribution in [-0.2, 0) is 6.18 Å². The summed E-state index contributed by atoms with van der Waals surface area (Å²) in [6.45, 7) is 0. The second kappa shape index (κ2) is 3.94. The zero-order chi connectivity index (χ0) is 12.5. The van der Waals surface area contributed by atoms with E-state index in [0.29, 0.717) is 0 Å². The third-order valence-corrected chi connectivity index (χ3v) is 2.18. The molecule has 17 heavy (non-hydrogen) atoms. The number of pyridine rings is 1. The molecule has 0 saturated carbocycles. The van der Waals surface area contributed by atoms with Crippen molar-refractivity contribution in [2.45, 2.75) is 6.18 Å². The summed E-state index contributed by atoms with van der Waals surface area (Å²) in [4.78, 5) is 3.82. The van der Waals surface area contributed by atoms with Crippen molar-refractivity contribution in [1.82, 2.24) is 9.55 Å². The molecule has 0 amide bonds. The molecule has 0 saturated heterocycles. The Balaban J connectivity index is 2.52. The highest BCUT2D eigenvalue weighted by Gasteiger charge is 2.30. The third kappa shape index (κ3) is 2.13. The summed E-state index contributed by atoms with van der Waals surface area (Å²) in [5.41, 5.74) is -0.558. The fourth-order valence-electron chi connectivity index (χ4n) is 1.40. The first kappa shape index (κ1) is 11.2. The number of nitrogens with zero attached hydrogens (tertiary/aromatic N) is 3. The highest BCUT2D eigenvalue weighted by Crippen LogP contribution is 2.29. The van der Waals surface area contributed by atoms with Gasteiger partial charge in [-0.2, -0.15) is 18.4 Å². The van der Waals surface area contributed by atoms with E-state index in [0.717, 1.165) is 18.3 Å². The largest absolute Gasteiger partial charge is 0.416 e. The molecule has 0 aliphatic carbocycles. The highest BCUT2D eigenvalue weighted by molar-refractivity contribution is 5.36. The van der Waals surface area contributed by atoms with Crippen molar-refractivity contribution in [3.63, 3.8) is 0 Å². The maximum absolute atomic E-state index is 12.5. The molecule has 0 bridgehead atoms. The van der Waals surface area contributed by atoms with E-state index in [1.807, 2.05) is 6.07 Å². The quantitative estimate of drug-likeness (QED) is 0.765. The first-order chi connectivity index (χ1) is 8.02. The van der Waals surface area contributed by atoms with Crippen molar-refractivity contribution in [2.75, 3.05) is 0 Å². The zero-order valence-electron chi connectivity index (χ0n) is 8.44. The number of hydrogen-bond acceptors (Lipinski definition) is 2. The van der Waals surface area contributed by atoms with Gasteiger partial charge >= 0.3 is 6.18 Å². The van der Waals surface area contributed by atoms with E-state index in [2.05, 4.69) is 4.98 Å². The van der Waals surface area contributed by atoms with E-state index in [1.54, 1.807) is 6.07 Å². The molecule has 0 fully saturated rings.